The quantitative estimate of drug-likeness (QED) is 0.169. The molecule has 5 nitrogen and oxygen atoms in total. The van der Waals surface area contributed by atoms with E-state index in [0.717, 1.165) is 56.0 Å². The van der Waals surface area contributed by atoms with Crippen LogP contribution in [0.2, 0.25) is 0 Å². The third kappa shape index (κ3) is 5.39. The Morgan fingerprint density at radius 1 is 0.808 bits per heavy atom. The van der Waals surface area contributed by atoms with E-state index in [-0.39, 0.29) is 17.9 Å². The van der Waals surface area contributed by atoms with E-state index in [2.05, 4.69) is 132 Å². The molecular weight excluding hydrogens is 635 g/mol. The van der Waals surface area contributed by atoms with Crippen LogP contribution < -0.4 is 4.90 Å². The SMILES string of the molecule is C=C/C=C\C1C(C)c2cc(C#N)ccc2N1c1cc(C#N)ccc1C1=CCC(C#N)C=C1C1=CC=C(n2c3ccccc3c3ccccc32)C=CC1. The highest BCUT2D eigenvalue weighted by atomic mass is 15.2. The molecule has 0 N–H and O–H groups in total. The Morgan fingerprint density at radius 3 is 2.23 bits per heavy atom. The van der Waals surface area contributed by atoms with Crippen molar-refractivity contribution < 1.29 is 0 Å². The number of aromatic nitrogens is 1. The van der Waals surface area contributed by atoms with E-state index in [1.807, 2.05) is 42.5 Å². The molecule has 4 aromatic carbocycles. The minimum Gasteiger partial charge on any atom is -0.333 e. The molecule has 0 amide bonds. The first kappa shape index (κ1) is 32.3. The van der Waals surface area contributed by atoms with Crippen LogP contribution in [0.15, 0.2) is 157 Å². The predicted molar refractivity (Wildman–Crippen MR) is 211 cm³/mol. The Balaban J connectivity index is 1.28. The van der Waals surface area contributed by atoms with Gasteiger partial charge in [0.1, 0.15) is 0 Å². The highest BCUT2D eigenvalue weighted by molar-refractivity contribution is 6.10. The smallest absolute Gasteiger partial charge is 0.0992 e. The molecule has 5 heteroatoms. The summed E-state index contributed by atoms with van der Waals surface area (Å²) < 4.78 is 2.32. The first-order valence-electron chi connectivity index (χ1n) is 17.6. The third-order valence-corrected chi connectivity index (χ3v) is 10.5. The Labute approximate surface area is 304 Å². The molecule has 0 fully saturated rings. The summed E-state index contributed by atoms with van der Waals surface area (Å²) in [5.41, 5.74) is 11.7. The first-order chi connectivity index (χ1) is 25.5. The lowest BCUT2D eigenvalue weighted by molar-refractivity contribution is 0.696. The van der Waals surface area contributed by atoms with Gasteiger partial charge in [0.15, 0.2) is 0 Å². The molecule has 52 heavy (non-hydrogen) atoms. The molecule has 248 valence electrons. The Morgan fingerprint density at radius 2 is 1.52 bits per heavy atom. The van der Waals surface area contributed by atoms with E-state index < -0.39 is 0 Å². The van der Waals surface area contributed by atoms with E-state index in [0.29, 0.717) is 24.0 Å². The normalized spacial score (nSPS) is 19.6. The molecule has 0 saturated heterocycles. The fourth-order valence-electron chi connectivity index (χ4n) is 8.04. The van der Waals surface area contributed by atoms with Crippen molar-refractivity contribution in [1.82, 2.24) is 4.57 Å². The zero-order valence-corrected chi connectivity index (χ0v) is 28.9. The molecule has 3 atom stereocenters. The summed E-state index contributed by atoms with van der Waals surface area (Å²) in [5, 5.41) is 32.4. The van der Waals surface area contributed by atoms with Crippen molar-refractivity contribution in [1.29, 1.82) is 15.8 Å². The van der Waals surface area contributed by atoms with Gasteiger partial charge in [-0.3, -0.25) is 0 Å². The van der Waals surface area contributed by atoms with Gasteiger partial charge in [-0.25, -0.2) is 0 Å². The molecule has 2 heterocycles. The fraction of sp³-hybridized carbons (Fsp3) is 0.128. The van der Waals surface area contributed by atoms with Crippen molar-refractivity contribution in [2.75, 3.05) is 4.90 Å². The van der Waals surface area contributed by atoms with E-state index >= 15 is 0 Å². The van der Waals surface area contributed by atoms with E-state index in [4.69, 9.17) is 0 Å². The van der Waals surface area contributed by atoms with Gasteiger partial charge in [-0.05, 0) is 89.7 Å². The highest BCUT2D eigenvalue weighted by Crippen LogP contribution is 2.50. The highest BCUT2D eigenvalue weighted by Gasteiger charge is 2.37. The maximum Gasteiger partial charge on any atom is 0.0992 e. The average molecular weight is 670 g/mol. The van der Waals surface area contributed by atoms with Crippen molar-refractivity contribution in [3.63, 3.8) is 0 Å². The second-order valence-electron chi connectivity index (χ2n) is 13.4. The summed E-state index contributed by atoms with van der Waals surface area (Å²) in [5.74, 6) is -0.176. The molecular formula is C47H35N5. The number of benzene rings is 4. The number of allylic oxidation sites excluding steroid dienone is 12. The van der Waals surface area contributed by atoms with Gasteiger partial charge in [0, 0.05) is 33.6 Å². The van der Waals surface area contributed by atoms with Crippen LogP contribution in [0.4, 0.5) is 11.4 Å². The maximum atomic E-state index is 10.1. The lowest BCUT2D eigenvalue weighted by Crippen LogP contribution is -2.28. The molecule has 1 aliphatic heterocycles. The number of fused-ring (bicyclic) bond motifs is 4. The third-order valence-electron chi connectivity index (χ3n) is 10.5. The summed E-state index contributed by atoms with van der Waals surface area (Å²) >= 11 is 0. The lowest BCUT2D eigenvalue weighted by atomic mass is 9.81. The van der Waals surface area contributed by atoms with Crippen molar-refractivity contribution in [2.45, 2.75) is 31.7 Å². The molecule has 2 aliphatic carbocycles. The van der Waals surface area contributed by atoms with Crippen LogP contribution >= 0.6 is 0 Å². The zero-order valence-electron chi connectivity index (χ0n) is 28.9. The molecule has 3 aliphatic rings. The van der Waals surface area contributed by atoms with Gasteiger partial charge in [0.05, 0.1) is 58.0 Å². The maximum absolute atomic E-state index is 10.1. The number of anilines is 2. The largest absolute Gasteiger partial charge is 0.333 e. The van der Waals surface area contributed by atoms with Crippen LogP contribution in [0.25, 0.3) is 33.1 Å². The molecule has 3 unspecified atom stereocenters. The number of para-hydroxylation sites is 2. The number of hydrogen-bond acceptors (Lipinski definition) is 4. The lowest BCUT2D eigenvalue weighted by Gasteiger charge is -2.31. The van der Waals surface area contributed by atoms with Crippen LogP contribution in [0, 0.1) is 39.9 Å². The summed E-state index contributed by atoms with van der Waals surface area (Å²) in [7, 11) is 0. The van der Waals surface area contributed by atoms with E-state index in [1.165, 1.54) is 10.8 Å². The van der Waals surface area contributed by atoms with Crippen molar-refractivity contribution >= 4 is 44.5 Å². The Hall–Kier alpha value is -6.87. The molecule has 0 saturated carbocycles. The van der Waals surface area contributed by atoms with E-state index in [1.54, 1.807) is 6.08 Å². The number of rotatable bonds is 6. The van der Waals surface area contributed by atoms with Gasteiger partial charge < -0.3 is 9.47 Å². The van der Waals surface area contributed by atoms with Gasteiger partial charge in [-0.15, -0.1) is 0 Å². The summed E-state index contributed by atoms with van der Waals surface area (Å²) in [4.78, 5) is 2.30. The summed E-state index contributed by atoms with van der Waals surface area (Å²) in [6.45, 7) is 6.10. The molecule has 8 rings (SSSR count). The second-order valence-corrected chi connectivity index (χ2v) is 13.4. The number of hydrogen-bond donors (Lipinski definition) is 0. The van der Waals surface area contributed by atoms with Crippen LogP contribution in [-0.4, -0.2) is 10.6 Å². The average Bonchev–Trinajstić information content (AvgIpc) is 3.54. The molecule has 0 spiro atoms. The van der Waals surface area contributed by atoms with E-state index in [9.17, 15) is 15.8 Å². The van der Waals surface area contributed by atoms with Crippen LogP contribution in [0.5, 0.6) is 0 Å². The zero-order chi connectivity index (χ0) is 35.8. The van der Waals surface area contributed by atoms with Crippen LogP contribution in [-0.2, 0) is 0 Å². The van der Waals surface area contributed by atoms with Gasteiger partial charge in [-0.1, -0.05) is 98.5 Å². The minimum absolute atomic E-state index is 0.0742. The second kappa shape index (κ2) is 13.4. The van der Waals surface area contributed by atoms with Crippen LogP contribution in [0.1, 0.15) is 47.9 Å². The molecule has 1 aromatic heterocycles. The van der Waals surface area contributed by atoms with Crippen molar-refractivity contribution in [3.05, 3.63) is 180 Å². The van der Waals surface area contributed by atoms with Crippen molar-refractivity contribution in [2.24, 2.45) is 5.92 Å². The van der Waals surface area contributed by atoms with Gasteiger partial charge in [0.25, 0.3) is 0 Å². The topological polar surface area (TPSA) is 79.5 Å². The van der Waals surface area contributed by atoms with Crippen LogP contribution in [0.3, 0.4) is 0 Å². The standard InChI is InChI=1S/C47H35N5/c1-3-4-14-43-31(2)41-25-33(29-49)19-24-46(41)52(43)47-27-34(30-50)18-23-40(47)37-22-17-32(28-48)26-42(37)35-10-9-11-36(21-20-35)51-44-15-7-5-12-38(44)39-13-6-8-16-45(39)51/h3-9,11-16,18-27,31-32,43H,1,10,17H2,2H3/b14-4-. The number of nitriles is 3. The Bertz CT molecular complexity index is 2560. The predicted octanol–water partition coefficient (Wildman–Crippen LogP) is 11.2. The van der Waals surface area contributed by atoms with Gasteiger partial charge in [-0.2, -0.15) is 15.8 Å². The van der Waals surface area contributed by atoms with Crippen molar-refractivity contribution in [3.8, 4) is 18.2 Å². The molecule has 0 radical (unpaired) electrons. The summed E-state index contributed by atoms with van der Waals surface area (Å²) in [6.07, 6.45) is 20.3. The monoisotopic (exact) mass is 669 g/mol. The summed E-state index contributed by atoms with van der Waals surface area (Å²) in [6, 6.07) is 35.9. The molecule has 5 aromatic rings. The first-order valence-corrected chi connectivity index (χ1v) is 17.6. The minimum atomic E-state index is -0.255. The fourth-order valence-corrected chi connectivity index (χ4v) is 8.04. The van der Waals surface area contributed by atoms with Gasteiger partial charge >= 0.3 is 0 Å². The molecule has 0 bridgehead atoms. The number of nitrogens with zero attached hydrogens (tertiary/aromatic N) is 5. The Kier molecular flexibility index (Phi) is 8.36. The van der Waals surface area contributed by atoms with Gasteiger partial charge in [0.2, 0.25) is 0 Å².